The van der Waals surface area contributed by atoms with Crippen molar-refractivity contribution in [2.45, 2.75) is 109 Å². The maximum absolute atomic E-state index is 2.84. The van der Waals surface area contributed by atoms with Gasteiger partial charge in [-0.15, -0.1) is 9.24 Å². The Hall–Kier alpha value is -1.13. The van der Waals surface area contributed by atoms with Crippen LogP contribution in [0.3, 0.4) is 0 Å². The van der Waals surface area contributed by atoms with E-state index in [1.54, 1.807) is 0 Å². The lowest BCUT2D eigenvalue weighted by Gasteiger charge is -2.18. The van der Waals surface area contributed by atoms with Crippen molar-refractivity contribution in [3.8, 4) is 0 Å². The minimum Gasteiger partial charge on any atom is -0.138 e. The van der Waals surface area contributed by atoms with Crippen molar-refractivity contribution in [3.05, 3.63) is 71.8 Å². The molecule has 31 heavy (non-hydrogen) atoms. The Morgan fingerprint density at radius 3 is 1.10 bits per heavy atom. The Balaban J connectivity index is 1.46. The van der Waals surface area contributed by atoms with E-state index in [-0.39, 0.29) is 0 Å². The zero-order valence-corrected chi connectivity index (χ0v) is 21.1. The Bertz CT molecular complexity index is 582. The molecule has 0 heterocycles. The molecule has 0 fully saturated rings. The molecule has 0 radical (unpaired) electrons. The fourth-order valence-corrected chi connectivity index (χ4v) is 4.98. The van der Waals surface area contributed by atoms with Crippen LogP contribution in [0.25, 0.3) is 0 Å². The highest BCUT2D eigenvalue weighted by atomic mass is 31.0. The summed E-state index contributed by atoms with van der Waals surface area (Å²) in [5, 5.41) is 0. The normalized spacial score (nSPS) is 11.3. The SMILES string of the molecule is PCCCCCCCCCCCCCCCCCC(c1ccccc1)c1ccccc1. The lowest BCUT2D eigenvalue weighted by molar-refractivity contribution is 0.525. The van der Waals surface area contributed by atoms with E-state index in [0.717, 1.165) is 0 Å². The third-order valence-corrected chi connectivity index (χ3v) is 7.01. The van der Waals surface area contributed by atoms with Crippen molar-refractivity contribution >= 4 is 9.24 Å². The molecular formula is C30H47P. The van der Waals surface area contributed by atoms with Gasteiger partial charge in [0, 0.05) is 5.92 Å². The second kappa shape index (κ2) is 18.4. The molecule has 0 aliphatic rings. The van der Waals surface area contributed by atoms with Crippen LogP contribution in [-0.2, 0) is 0 Å². The van der Waals surface area contributed by atoms with E-state index in [0.29, 0.717) is 5.92 Å². The van der Waals surface area contributed by atoms with Crippen LogP contribution >= 0.6 is 9.24 Å². The van der Waals surface area contributed by atoms with Crippen LogP contribution in [0.4, 0.5) is 0 Å². The second-order valence-corrected chi connectivity index (χ2v) is 9.83. The van der Waals surface area contributed by atoms with Crippen molar-refractivity contribution < 1.29 is 0 Å². The minimum atomic E-state index is 0.549. The lowest BCUT2D eigenvalue weighted by atomic mass is 9.87. The second-order valence-electron chi connectivity index (χ2n) is 9.25. The van der Waals surface area contributed by atoms with Crippen LogP contribution in [0.15, 0.2) is 60.7 Å². The van der Waals surface area contributed by atoms with Crippen LogP contribution in [-0.4, -0.2) is 6.16 Å². The van der Waals surface area contributed by atoms with Gasteiger partial charge >= 0.3 is 0 Å². The summed E-state index contributed by atoms with van der Waals surface area (Å²) in [5.41, 5.74) is 2.93. The summed E-state index contributed by atoms with van der Waals surface area (Å²) in [7, 11) is 2.84. The van der Waals surface area contributed by atoms with Crippen LogP contribution in [0, 0.1) is 0 Å². The molecule has 2 aromatic carbocycles. The number of hydrogen-bond donors (Lipinski definition) is 0. The van der Waals surface area contributed by atoms with Crippen LogP contribution in [0.2, 0.25) is 0 Å². The molecule has 1 unspecified atom stereocenters. The maximum Gasteiger partial charge on any atom is 0.00893 e. The summed E-state index contributed by atoms with van der Waals surface area (Å²) in [5.74, 6) is 0.549. The molecule has 1 heteroatoms. The predicted octanol–water partition coefficient (Wildman–Crippen LogP) is 9.94. The molecule has 0 aromatic heterocycles. The van der Waals surface area contributed by atoms with Gasteiger partial charge in [0.25, 0.3) is 0 Å². The Kier molecular flexibility index (Phi) is 15.5. The van der Waals surface area contributed by atoms with Gasteiger partial charge in [-0.05, 0) is 30.1 Å². The molecule has 0 aliphatic carbocycles. The topological polar surface area (TPSA) is 0 Å². The molecule has 0 saturated heterocycles. The van der Waals surface area contributed by atoms with Gasteiger partial charge in [0.05, 0.1) is 0 Å². The van der Waals surface area contributed by atoms with E-state index >= 15 is 0 Å². The molecule has 172 valence electrons. The number of benzene rings is 2. The summed E-state index contributed by atoms with van der Waals surface area (Å²) < 4.78 is 0. The van der Waals surface area contributed by atoms with Crippen molar-refractivity contribution in [2.24, 2.45) is 0 Å². The molecule has 0 nitrogen and oxygen atoms in total. The minimum absolute atomic E-state index is 0.549. The van der Waals surface area contributed by atoms with Crippen molar-refractivity contribution in [2.75, 3.05) is 6.16 Å². The van der Waals surface area contributed by atoms with Crippen LogP contribution in [0.1, 0.15) is 120 Å². The smallest absolute Gasteiger partial charge is 0.00893 e. The van der Waals surface area contributed by atoms with Gasteiger partial charge in [-0.25, -0.2) is 0 Å². The number of rotatable bonds is 19. The van der Waals surface area contributed by atoms with Crippen LogP contribution in [0.5, 0.6) is 0 Å². The molecule has 2 rings (SSSR count). The Morgan fingerprint density at radius 2 is 0.742 bits per heavy atom. The summed E-state index contributed by atoms with van der Waals surface area (Å²) in [6.45, 7) is 0. The van der Waals surface area contributed by atoms with E-state index in [9.17, 15) is 0 Å². The monoisotopic (exact) mass is 438 g/mol. The first-order valence-electron chi connectivity index (χ1n) is 13.2. The molecule has 1 atom stereocenters. The molecular weight excluding hydrogens is 391 g/mol. The first-order valence-corrected chi connectivity index (χ1v) is 14.0. The van der Waals surface area contributed by atoms with E-state index in [1.165, 1.54) is 120 Å². The largest absolute Gasteiger partial charge is 0.138 e. The predicted molar refractivity (Wildman–Crippen MR) is 143 cm³/mol. The van der Waals surface area contributed by atoms with Crippen molar-refractivity contribution in [3.63, 3.8) is 0 Å². The third kappa shape index (κ3) is 12.5. The van der Waals surface area contributed by atoms with Gasteiger partial charge in [0.1, 0.15) is 0 Å². The first-order chi connectivity index (χ1) is 15.4. The summed E-state index contributed by atoms with van der Waals surface area (Å²) >= 11 is 0. The molecule has 0 amide bonds. The standard InChI is InChI=1S/C30H47P/c31-27-21-13-11-9-7-5-3-1-2-4-6-8-10-12-20-26-30(28-22-16-14-17-23-28)29-24-18-15-19-25-29/h14-19,22-25,30H,1-13,20-21,26-27,31H2. The zero-order valence-electron chi connectivity index (χ0n) is 19.9. The van der Waals surface area contributed by atoms with Gasteiger partial charge in [0.2, 0.25) is 0 Å². The van der Waals surface area contributed by atoms with Gasteiger partial charge in [-0.2, -0.15) is 0 Å². The van der Waals surface area contributed by atoms with Crippen LogP contribution < -0.4 is 0 Å². The van der Waals surface area contributed by atoms with E-state index in [1.807, 2.05) is 0 Å². The van der Waals surface area contributed by atoms with Crippen molar-refractivity contribution in [1.29, 1.82) is 0 Å². The third-order valence-electron chi connectivity index (χ3n) is 6.60. The molecule has 0 N–H and O–H groups in total. The summed E-state index contributed by atoms with van der Waals surface area (Å²) in [6.07, 6.45) is 24.0. The molecule has 2 aromatic rings. The summed E-state index contributed by atoms with van der Waals surface area (Å²) in [4.78, 5) is 0. The number of unbranched alkanes of at least 4 members (excludes halogenated alkanes) is 14. The highest BCUT2D eigenvalue weighted by Crippen LogP contribution is 2.30. The zero-order chi connectivity index (χ0) is 21.8. The van der Waals surface area contributed by atoms with E-state index in [4.69, 9.17) is 0 Å². The quantitative estimate of drug-likeness (QED) is 0.151. The van der Waals surface area contributed by atoms with Gasteiger partial charge in [0.15, 0.2) is 0 Å². The fourth-order valence-electron chi connectivity index (χ4n) is 4.69. The Morgan fingerprint density at radius 1 is 0.419 bits per heavy atom. The van der Waals surface area contributed by atoms with Gasteiger partial charge in [-0.1, -0.05) is 151 Å². The molecule has 0 bridgehead atoms. The van der Waals surface area contributed by atoms with E-state index in [2.05, 4.69) is 69.9 Å². The summed E-state index contributed by atoms with van der Waals surface area (Å²) in [6, 6.07) is 22.1. The molecule has 0 spiro atoms. The average Bonchev–Trinajstić information content (AvgIpc) is 2.82. The van der Waals surface area contributed by atoms with Crippen molar-refractivity contribution in [1.82, 2.24) is 0 Å². The highest BCUT2D eigenvalue weighted by Gasteiger charge is 2.13. The van der Waals surface area contributed by atoms with E-state index < -0.39 is 0 Å². The fraction of sp³-hybridized carbons (Fsp3) is 0.600. The number of hydrogen-bond acceptors (Lipinski definition) is 0. The molecule has 0 aliphatic heterocycles. The lowest BCUT2D eigenvalue weighted by Crippen LogP contribution is -2.01. The average molecular weight is 439 g/mol. The van der Waals surface area contributed by atoms with Gasteiger partial charge in [-0.3, -0.25) is 0 Å². The van der Waals surface area contributed by atoms with Gasteiger partial charge < -0.3 is 0 Å². The highest BCUT2D eigenvalue weighted by molar-refractivity contribution is 7.16. The first kappa shape index (κ1) is 26.1. The maximum atomic E-state index is 2.84. The Labute approximate surface area is 195 Å². The molecule has 0 saturated carbocycles.